The molecule has 0 spiro atoms. The molecule has 4 amide bonds. The lowest BCUT2D eigenvalue weighted by Crippen LogP contribution is -2.49. The molecule has 108 valence electrons. The maximum Gasteiger partial charge on any atom is 0.318 e. The molecular weight excluding hydrogens is 248 g/mol. The zero-order valence-electron chi connectivity index (χ0n) is 11.5. The molecule has 1 atom stereocenters. The lowest BCUT2D eigenvalue weighted by atomic mass is 10.2. The second-order valence-electron chi connectivity index (χ2n) is 4.65. The van der Waals surface area contributed by atoms with Crippen molar-refractivity contribution in [3.8, 4) is 0 Å². The predicted octanol–water partition coefficient (Wildman–Crippen LogP) is -0.486. The van der Waals surface area contributed by atoms with Crippen molar-refractivity contribution in [1.82, 2.24) is 15.1 Å². The molecule has 1 unspecified atom stereocenters. The fraction of sp³-hybridized carbons (Fsp3) is 0.750. The van der Waals surface area contributed by atoms with E-state index in [2.05, 4.69) is 5.32 Å². The van der Waals surface area contributed by atoms with Crippen LogP contribution in [0.1, 0.15) is 26.7 Å². The van der Waals surface area contributed by atoms with Gasteiger partial charge in [-0.25, -0.2) is 4.79 Å². The van der Waals surface area contributed by atoms with Gasteiger partial charge >= 0.3 is 6.03 Å². The number of nitrogens with zero attached hydrogens (tertiary/aromatic N) is 2. The van der Waals surface area contributed by atoms with Crippen LogP contribution in [0.25, 0.3) is 0 Å². The van der Waals surface area contributed by atoms with Gasteiger partial charge in [-0.15, -0.1) is 0 Å². The van der Waals surface area contributed by atoms with Gasteiger partial charge in [0.15, 0.2) is 0 Å². The number of carbonyl (C=O) groups is 3. The Bertz CT molecular complexity index is 359. The highest BCUT2D eigenvalue weighted by Gasteiger charge is 2.25. The molecule has 0 aromatic rings. The average molecular weight is 270 g/mol. The molecule has 1 rings (SSSR count). The van der Waals surface area contributed by atoms with Gasteiger partial charge in [-0.3, -0.25) is 19.8 Å². The monoisotopic (exact) mass is 270 g/mol. The van der Waals surface area contributed by atoms with Crippen LogP contribution in [0.4, 0.5) is 4.79 Å². The van der Waals surface area contributed by atoms with Gasteiger partial charge < -0.3 is 10.6 Å². The highest BCUT2D eigenvalue weighted by Crippen LogP contribution is 2.08. The van der Waals surface area contributed by atoms with Crippen LogP contribution < -0.4 is 11.1 Å². The summed E-state index contributed by atoms with van der Waals surface area (Å²) in [6, 6.07) is -1.27. The van der Waals surface area contributed by atoms with Crippen molar-refractivity contribution in [1.29, 1.82) is 0 Å². The second kappa shape index (κ2) is 7.08. The van der Waals surface area contributed by atoms with E-state index in [-0.39, 0.29) is 5.91 Å². The number of hydrogen-bond acceptors (Lipinski definition) is 4. The Morgan fingerprint density at radius 2 is 1.89 bits per heavy atom. The maximum absolute atomic E-state index is 11.7. The van der Waals surface area contributed by atoms with Crippen LogP contribution in [-0.4, -0.2) is 59.9 Å². The lowest BCUT2D eigenvalue weighted by molar-refractivity contribution is -0.130. The van der Waals surface area contributed by atoms with Crippen LogP contribution in [0.2, 0.25) is 0 Å². The molecule has 1 aliphatic rings. The van der Waals surface area contributed by atoms with E-state index in [1.54, 1.807) is 6.92 Å². The molecule has 1 saturated heterocycles. The zero-order chi connectivity index (χ0) is 14.4. The second-order valence-corrected chi connectivity index (χ2v) is 4.65. The normalized spacial score (nSPS) is 18.5. The molecule has 0 aromatic heterocycles. The number of carbonyl (C=O) groups excluding carboxylic acids is 3. The summed E-state index contributed by atoms with van der Waals surface area (Å²) in [6.45, 7) is 6.25. The minimum absolute atomic E-state index is 0.135. The molecule has 1 heterocycles. The van der Waals surface area contributed by atoms with E-state index >= 15 is 0 Å². The number of imide groups is 1. The lowest BCUT2D eigenvalue weighted by Gasteiger charge is -2.26. The minimum Gasteiger partial charge on any atom is -0.351 e. The Morgan fingerprint density at radius 3 is 2.47 bits per heavy atom. The summed E-state index contributed by atoms with van der Waals surface area (Å²) in [5, 5.41) is 2.08. The van der Waals surface area contributed by atoms with Crippen LogP contribution in [0.15, 0.2) is 0 Å². The first-order valence-electron chi connectivity index (χ1n) is 6.57. The van der Waals surface area contributed by atoms with E-state index in [1.807, 2.05) is 16.7 Å². The van der Waals surface area contributed by atoms with E-state index in [9.17, 15) is 14.4 Å². The fourth-order valence-corrected chi connectivity index (χ4v) is 2.19. The summed E-state index contributed by atoms with van der Waals surface area (Å²) in [4.78, 5) is 37.8. The van der Waals surface area contributed by atoms with Crippen molar-refractivity contribution in [3.05, 3.63) is 0 Å². The standard InChI is InChI=1S/C12H22N4O3/c1-3-10(17)16-6-4-5-15(7-8-16)9(2)11(18)14-12(13)19/h9H,3-8H2,1-2H3,(H3,13,14,18,19). The molecular formula is C12H22N4O3. The number of urea groups is 1. The number of rotatable bonds is 3. The van der Waals surface area contributed by atoms with Gasteiger partial charge in [0, 0.05) is 32.6 Å². The van der Waals surface area contributed by atoms with E-state index in [4.69, 9.17) is 5.73 Å². The molecule has 1 fully saturated rings. The smallest absolute Gasteiger partial charge is 0.318 e. The van der Waals surface area contributed by atoms with Gasteiger partial charge in [0.05, 0.1) is 6.04 Å². The van der Waals surface area contributed by atoms with Crippen molar-refractivity contribution in [2.24, 2.45) is 5.73 Å². The fourth-order valence-electron chi connectivity index (χ4n) is 2.19. The summed E-state index contributed by atoms with van der Waals surface area (Å²) < 4.78 is 0. The van der Waals surface area contributed by atoms with Gasteiger partial charge in [-0.1, -0.05) is 6.92 Å². The van der Waals surface area contributed by atoms with Gasteiger partial charge in [0.1, 0.15) is 0 Å². The Morgan fingerprint density at radius 1 is 1.21 bits per heavy atom. The van der Waals surface area contributed by atoms with Gasteiger partial charge in [-0.05, 0) is 13.3 Å². The molecule has 0 aliphatic carbocycles. The topological polar surface area (TPSA) is 95.7 Å². The first-order valence-corrected chi connectivity index (χ1v) is 6.57. The summed E-state index contributed by atoms with van der Waals surface area (Å²) >= 11 is 0. The number of nitrogens with one attached hydrogen (secondary N) is 1. The van der Waals surface area contributed by atoms with Gasteiger partial charge in [0.25, 0.3) is 0 Å². The Hall–Kier alpha value is -1.63. The maximum atomic E-state index is 11.7. The largest absolute Gasteiger partial charge is 0.351 e. The molecule has 19 heavy (non-hydrogen) atoms. The van der Waals surface area contributed by atoms with Crippen LogP contribution in [0.3, 0.4) is 0 Å². The zero-order valence-corrected chi connectivity index (χ0v) is 11.5. The van der Waals surface area contributed by atoms with Crippen LogP contribution >= 0.6 is 0 Å². The first-order chi connectivity index (χ1) is 8.95. The van der Waals surface area contributed by atoms with E-state index < -0.39 is 18.0 Å². The highest BCUT2D eigenvalue weighted by molar-refractivity contribution is 5.96. The average Bonchev–Trinajstić information content (AvgIpc) is 2.61. The molecule has 0 aromatic carbocycles. The number of amides is 4. The molecule has 3 N–H and O–H groups in total. The van der Waals surface area contributed by atoms with Crippen LogP contribution in [0.5, 0.6) is 0 Å². The van der Waals surface area contributed by atoms with E-state index in [0.717, 1.165) is 13.0 Å². The van der Waals surface area contributed by atoms with Crippen molar-refractivity contribution < 1.29 is 14.4 Å². The molecule has 1 aliphatic heterocycles. The SMILES string of the molecule is CCC(=O)N1CCCN(C(C)C(=O)NC(N)=O)CC1. The molecule has 0 radical (unpaired) electrons. The Labute approximate surface area is 113 Å². The molecule has 7 nitrogen and oxygen atoms in total. The number of primary amides is 1. The first kappa shape index (κ1) is 15.4. The van der Waals surface area contributed by atoms with E-state index in [1.165, 1.54) is 0 Å². The predicted molar refractivity (Wildman–Crippen MR) is 70.2 cm³/mol. The van der Waals surface area contributed by atoms with E-state index in [0.29, 0.717) is 26.1 Å². The third-order valence-electron chi connectivity index (χ3n) is 3.36. The quantitative estimate of drug-likeness (QED) is 0.723. The third kappa shape index (κ3) is 4.51. The third-order valence-corrected chi connectivity index (χ3v) is 3.36. The number of hydrogen-bond donors (Lipinski definition) is 2. The number of nitrogens with two attached hydrogens (primary N) is 1. The van der Waals surface area contributed by atoms with Crippen molar-refractivity contribution in [2.45, 2.75) is 32.7 Å². The van der Waals surface area contributed by atoms with Crippen molar-refractivity contribution >= 4 is 17.8 Å². The summed E-state index contributed by atoms with van der Waals surface area (Å²) in [5.74, 6) is -0.265. The summed E-state index contributed by atoms with van der Waals surface area (Å²) in [6.07, 6.45) is 1.32. The molecule has 0 bridgehead atoms. The van der Waals surface area contributed by atoms with Crippen molar-refractivity contribution in [3.63, 3.8) is 0 Å². The van der Waals surface area contributed by atoms with Gasteiger partial charge in [-0.2, -0.15) is 0 Å². The Kier molecular flexibility index (Phi) is 5.75. The minimum atomic E-state index is -0.838. The van der Waals surface area contributed by atoms with Crippen LogP contribution in [0, 0.1) is 0 Å². The van der Waals surface area contributed by atoms with Crippen molar-refractivity contribution in [2.75, 3.05) is 26.2 Å². The van der Waals surface area contributed by atoms with Crippen LogP contribution in [-0.2, 0) is 9.59 Å². The summed E-state index contributed by atoms with van der Waals surface area (Å²) in [7, 11) is 0. The highest BCUT2D eigenvalue weighted by atomic mass is 16.2. The summed E-state index contributed by atoms with van der Waals surface area (Å²) in [5.41, 5.74) is 4.93. The molecule has 7 heteroatoms. The molecule has 0 saturated carbocycles. The Balaban J connectivity index is 2.54. The van der Waals surface area contributed by atoms with Gasteiger partial charge in [0.2, 0.25) is 11.8 Å².